The lowest BCUT2D eigenvalue weighted by molar-refractivity contribution is -0.0612. The van der Waals surface area contributed by atoms with Crippen LogP contribution in [0.25, 0.3) is 0 Å². The van der Waals surface area contributed by atoms with Gasteiger partial charge >= 0.3 is 0 Å². The maximum absolute atomic E-state index is 6.13. The Morgan fingerprint density at radius 3 is 1.94 bits per heavy atom. The van der Waals surface area contributed by atoms with Crippen LogP contribution in [0.5, 0.6) is 0 Å². The van der Waals surface area contributed by atoms with Crippen LogP contribution in [0.15, 0.2) is 0 Å². The Morgan fingerprint density at radius 1 is 1.00 bits per heavy atom. The van der Waals surface area contributed by atoms with Gasteiger partial charge in [-0.15, -0.1) is 0 Å². The lowest BCUT2D eigenvalue weighted by atomic mass is 9.82. The molecule has 0 saturated carbocycles. The fraction of sp³-hybridized carbons (Fsp3) is 1.00. The largest absolute Gasteiger partial charge is 0.375 e. The first-order valence-corrected chi connectivity index (χ1v) is 7.22. The van der Waals surface area contributed by atoms with Gasteiger partial charge in [0.2, 0.25) is 0 Å². The molecule has 104 valence electrons. The Hall–Kier alpha value is -0.0400. The molecule has 0 aliphatic rings. The van der Waals surface area contributed by atoms with Crippen molar-refractivity contribution in [2.45, 2.75) is 80.3 Å². The molecular weight excluding hydrogens is 208 g/mol. The van der Waals surface area contributed by atoms with Crippen molar-refractivity contribution in [3.05, 3.63) is 0 Å². The smallest absolute Gasteiger partial charge is 0.0629 e. The predicted octanol–water partition coefficient (Wildman–Crippen LogP) is 5.29. The van der Waals surface area contributed by atoms with Crippen molar-refractivity contribution in [1.29, 1.82) is 0 Å². The molecule has 0 amide bonds. The van der Waals surface area contributed by atoms with E-state index in [-0.39, 0.29) is 5.60 Å². The Balaban J connectivity index is 4.09. The maximum atomic E-state index is 6.13. The molecule has 1 heteroatoms. The van der Waals surface area contributed by atoms with Crippen LogP contribution < -0.4 is 0 Å². The van der Waals surface area contributed by atoms with Gasteiger partial charge in [-0.05, 0) is 37.5 Å². The molecule has 2 atom stereocenters. The normalized spacial score (nSPS) is 16.9. The highest BCUT2D eigenvalue weighted by Gasteiger charge is 2.26. The van der Waals surface area contributed by atoms with Gasteiger partial charge in [0.25, 0.3) is 0 Å². The molecule has 0 heterocycles. The molecule has 0 aromatic rings. The molecule has 0 aromatic heterocycles. The maximum Gasteiger partial charge on any atom is 0.0629 e. The van der Waals surface area contributed by atoms with Gasteiger partial charge in [-0.25, -0.2) is 0 Å². The van der Waals surface area contributed by atoms with Gasteiger partial charge in [-0.2, -0.15) is 0 Å². The number of hydrogen-bond acceptors (Lipinski definition) is 1. The first-order chi connectivity index (χ1) is 7.58. The fourth-order valence-corrected chi connectivity index (χ4v) is 2.09. The second-order valence-electron chi connectivity index (χ2n) is 7.44. The third kappa shape index (κ3) is 7.81. The monoisotopic (exact) mass is 242 g/mol. The zero-order valence-corrected chi connectivity index (χ0v) is 13.4. The van der Waals surface area contributed by atoms with E-state index in [0.717, 1.165) is 18.9 Å². The van der Waals surface area contributed by atoms with Crippen LogP contribution in [0.2, 0.25) is 0 Å². The summed E-state index contributed by atoms with van der Waals surface area (Å²) in [6.07, 6.45) is 3.74. The summed E-state index contributed by atoms with van der Waals surface area (Å²) >= 11 is 0. The minimum Gasteiger partial charge on any atom is -0.375 e. The topological polar surface area (TPSA) is 9.23 Å². The molecule has 0 rings (SSSR count). The number of hydrogen-bond donors (Lipinski definition) is 0. The summed E-state index contributed by atoms with van der Waals surface area (Å²) in [4.78, 5) is 0. The summed E-state index contributed by atoms with van der Waals surface area (Å²) in [5, 5.41) is 0. The summed E-state index contributed by atoms with van der Waals surface area (Å²) in [6.45, 7) is 19.1. The van der Waals surface area contributed by atoms with Crippen LogP contribution in [0, 0.1) is 17.3 Å². The van der Waals surface area contributed by atoms with E-state index in [9.17, 15) is 0 Å². The molecule has 17 heavy (non-hydrogen) atoms. The van der Waals surface area contributed by atoms with E-state index < -0.39 is 0 Å². The van der Waals surface area contributed by atoms with Gasteiger partial charge in [-0.1, -0.05) is 54.4 Å². The van der Waals surface area contributed by atoms with Gasteiger partial charge in [0.1, 0.15) is 0 Å². The highest BCUT2D eigenvalue weighted by molar-refractivity contribution is 4.75. The van der Waals surface area contributed by atoms with E-state index in [4.69, 9.17) is 4.74 Å². The zero-order chi connectivity index (χ0) is 13.7. The third-order valence-electron chi connectivity index (χ3n) is 3.82. The van der Waals surface area contributed by atoms with Crippen LogP contribution in [0.4, 0.5) is 0 Å². The van der Waals surface area contributed by atoms with Crippen LogP contribution >= 0.6 is 0 Å². The molecule has 0 saturated heterocycles. The molecule has 1 nitrogen and oxygen atoms in total. The standard InChI is InChI=1S/C16H34O/c1-9-10-13(2)11-16(7,8)17-12-14(3)15(4,5)6/h13-14H,9-12H2,1-8H3. The van der Waals surface area contributed by atoms with E-state index in [1.165, 1.54) is 12.8 Å². The number of ether oxygens (including phenoxy) is 1. The minimum atomic E-state index is 0.0219. The third-order valence-corrected chi connectivity index (χ3v) is 3.82. The van der Waals surface area contributed by atoms with Gasteiger partial charge in [-0.3, -0.25) is 0 Å². The number of rotatable bonds is 7. The van der Waals surface area contributed by atoms with E-state index >= 15 is 0 Å². The second kappa shape index (κ2) is 6.78. The van der Waals surface area contributed by atoms with Crippen molar-refractivity contribution >= 4 is 0 Å². The average molecular weight is 242 g/mol. The summed E-state index contributed by atoms with van der Waals surface area (Å²) in [5.41, 5.74) is 0.360. The summed E-state index contributed by atoms with van der Waals surface area (Å²) < 4.78 is 6.13. The van der Waals surface area contributed by atoms with Gasteiger partial charge in [0.05, 0.1) is 12.2 Å². The van der Waals surface area contributed by atoms with Crippen LogP contribution in [-0.4, -0.2) is 12.2 Å². The average Bonchev–Trinajstić information content (AvgIpc) is 2.12. The first-order valence-electron chi connectivity index (χ1n) is 7.22. The molecule has 0 aliphatic heterocycles. The van der Waals surface area contributed by atoms with Crippen molar-refractivity contribution in [2.75, 3.05) is 6.61 Å². The summed E-state index contributed by atoms with van der Waals surface area (Å²) in [5.74, 6) is 1.36. The van der Waals surface area contributed by atoms with E-state index in [2.05, 4.69) is 55.4 Å². The summed E-state index contributed by atoms with van der Waals surface area (Å²) in [6, 6.07) is 0. The Kier molecular flexibility index (Phi) is 6.76. The molecule has 2 unspecified atom stereocenters. The van der Waals surface area contributed by atoms with Crippen molar-refractivity contribution < 1.29 is 4.74 Å². The molecule has 0 bridgehead atoms. The van der Waals surface area contributed by atoms with E-state index in [1.807, 2.05) is 0 Å². The van der Waals surface area contributed by atoms with Crippen molar-refractivity contribution in [3.63, 3.8) is 0 Å². The highest BCUT2D eigenvalue weighted by atomic mass is 16.5. The molecule has 0 aliphatic carbocycles. The van der Waals surface area contributed by atoms with Crippen LogP contribution in [0.1, 0.15) is 74.7 Å². The molecule has 0 aromatic carbocycles. The Morgan fingerprint density at radius 2 is 1.53 bits per heavy atom. The SMILES string of the molecule is CCCC(C)CC(C)(C)OCC(C)C(C)(C)C. The Bertz CT molecular complexity index is 200. The molecule has 0 N–H and O–H groups in total. The lowest BCUT2D eigenvalue weighted by Gasteiger charge is -2.33. The molecular formula is C16H34O. The fourth-order valence-electron chi connectivity index (χ4n) is 2.09. The van der Waals surface area contributed by atoms with Gasteiger partial charge in [0, 0.05) is 0 Å². The van der Waals surface area contributed by atoms with Crippen molar-refractivity contribution in [2.24, 2.45) is 17.3 Å². The zero-order valence-electron chi connectivity index (χ0n) is 13.4. The minimum absolute atomic E-state index is 0.0219. The van der Waals surface area contributed by atoms with Gasteiger partial charge in [0.15, 0.2) is 0 Å². The predicted molar refractivity (Wildman–Crippen MR) is 77.3 cm³/mol. The molecule has 0 radical (unpaired) electrons. The highest BCUT2D eigenvalue weighted by Crippen LogP contribution is 2.29. The van der Waals surface area contributed by atoms with Crippen LogP contribution in [-0.2, 0) is 4.74 Å². The van der Waals surface area contributed by atoms with Crippen molar-refractivity contribution in [3.8, 4) is 0 Å². The molecule has 0 fully saturated rings. The Labute approximate surface area is 109 Å². The summed E-state index contributed by atoms with van der Waals surface area (Å²) in [7, 11) is 0. The van der Waals surface area contributed by atoms with E-state index in [0.29, 0.717) is 11.3 Å². The van der Waals surface area contributed by atoms with Crippen LogP contribution in [0.3, 0.4) is 0 Å². The van der Waals surface area contributed by atoms with Gasteiger partial charge < -0.3 is 4.74 Å². The van der Waals surface area contributed by atoms with E-state index in [1.54, 1.807) is 0 Å². The quantitative estimate of drug-likeness (QED) is 0.589. The lowest BCUT2D eigenvalue weighted by Crippen LogP contribution is -2.32. The molecule has 0 spiro atoms. The second-order valence-corrected chi connectivity index (χ2v) is 7.44. The first kappa shape index (κ1) is 17.0. The van der Waals surface area contributed by atoms with Crippen molar-refractivity contribution in [1.82, 2.24) is 0 Å².